The molecule has 28 heavy (non-hydrogen) atoms. The van der Waals surface area contributed by atoms with Crippen LogP contribution in [0.4, 0.5) is 5.69 Å². The number of thioether (sulfide) groups is 1. The predicted octanol–water partition coefficient (Wildman–Crippen LogP) is 4.07. The number of carbonyl (C=O) groups excluding carboxylic acids is 1. The van der Waals surface area contributed by atoms with E-state index in [4.69, 9.17) is 9.47 Å². The van der Waals surface area contributed by atoms with Gasteiger partial charge in [-0.05, 0) is 37.3 Å². The molecule has 7 heteroatoms. The van der Waals surface area contributed by atoms with Gasteiger partial charge in [-0.15, -0.1) is 0 Å². The summed E-state index contributed by atoms with van der Waals surface area (Å²) < 4.78 is 13.0. The van der Waals surface area contributed by atoms with Gasteiger partial charge in [0.05, 0.1) is 18.5 Å². The van der Waals surface area contributed by atoms with Crippen LogP contribution in [0.25, 0.3) is 11.3 Å². The van der Waals surface area contributed by atoms with Crippen molar-refractivity contribution in [2.45, 2.75) is 24.7 Å². The molecule has 1 aromatic heterocycles. The second kappa shape index (κ2) is 7.98. The molecule has 0 saturated carbocycles. The summed E-state index contributed by atoms with van der Waals surface area (Å²) in [7, 11) is 1.61. The molecule has 1 unspecified atom stereocenters. The largest absolute Gasteiger partial charge is 0.497 e. The van der Waals surface area contributed by atoms with Gasteiger partial charge in [0.2, 0.25) is 0 Å². The molecular formula is C21H21N3O3S. The first-order valence-corrected chi connectivity index (χ1v) is 10.0. The van der Waals surface area contributed by atoms with Gasteiger partial charge in [0.1, 0.15) is 11.5 Å². The highest BCUT2D eigenvalue weighted by molar-refractivity contribution is 7.99. The number of aromatic nitrogens is 2. The van der Waals surface area contributed by atoms with Crippen LogP contribution in [0.3, 0.4) is 0 Å². The Morgan fingerprint density at radius 1 is 1.18 bits per heavy atom. The molecule has 6 nitrogen and oxygen atoms in total. The number of aryl methyl sites for hydroxylation is 1. The van der Waals surface area contributed by atoms with Crippen molar-refractivity contribution >= 4 is 23.4 Å². The zero-order valence-electron chi connectivity index (χ0n) is 15.7. The molecular weight excluding hydrogens is 374 g/mol. The van der Waals surface area contributed by atoms with E-state index in [0.717, 1.165) is 40.1 Å². The monoisotopic (exact) mass is 395 g/mol. The molecule has 1 N–H and O–H groups in total. The minimum atomic E-state index is -0.649. The Hall–Kier alpha value is -2.93. The first kappa shape index (κ1) is 18.4. The number of carbonyl (C=O) groups is 1. The van der Waals surface area contributed by atoms with E-state index in [1.165, 1.54) is 0 Å². The van der Waals surface area contributed by atoms with E-state index < -0.39 is 6.10 Å². The van der Waals surface area contributed by atoms with E-state index in [9.17, 15) is 4.79 Å². The predicted molar refractivity (Wildman–Crippen MR) is 110 cm³/mol. The Kier molecular flexibility index (Phi) is 5.25. The van der Waals surface area contributed by atoms with Gasteiger partial charge < -0.3 is 19.4 Å². The molecule has 2 heterocycles. The molecule has 0 bridgehead atoms. The molecule has 1 atom stereocenters. The van der Waals surface area contributed by atoms with E-state index in [-0.39, 0.29) is 5.91 Å². The normalized spacial score (nSPS) is 13.6. The molecule has 1 amide bonds. The number of hydrogen-bond donors (Lipinski definition) is 1. The van der Waals surface area contributed by atoms with Crippen LogP contribution in [0, 0.1) is 0 Å². The topological polar surface area (TPSA) is 65.4 Å². The number of nitrogens with one attached hydrogen (secondary N) is 1. The first-order chi connectivity index (χ1) is 13.6. The van der Waals surface area contributed by atoms with Crippen LogP contribution in [0.5, 0.6) is 11.5 Å². The quantitative estimate of drug-likeness (QED) is 0.682. The average Bonchev–Trinajstić information content (AvgIpc) is 3.31. The van der Waals surface area contributed by atoms with Crippen molar-refractivity contribution in [3.63, 3.8) is 0 Å². The second-order valence-electron chi connectivity index (χ2n) is 6.42. The molecule has 0 fully saturated rings. The highest BCUT2D eigenvalue weighted by Gasteiger charge is 2.20. The molecule has 0 radical (unpaired) electrons. The molecule has 1 aliphatic heterocycles. The lowest BCUT2D eigenvalue weighted by Gasteiger charge is -2.16. The smallest absolute Gasteiger partial charge is 0.265 e. The van der Waals surface area contributed by atoms with Crippen molar-refractivity contribution in [1.29, 1.82) is 0 Å². The Labute approximate surface area is 167 Å². The third kappa shape index (κ3) is 3.84. The fourth-order valence-electron chi connectivity index (χ4n) is 3.00. The lowest BCUT2D eigenvalue weighted by molar-refractivity contribution is -0.122. The maximum atomic E-state index is 12.7. The average molecular weight is 395 g/mol. The Morgan fingerprint density at radius 2 is 1.93 bits per heavy atom. The number of ether oxygens (including phenoxy) is 2. The van der Waals surface area contributed by atoms with Crippen LogP contribution in [0.2, 0.25) is 0 Å². The van der Waals surface area contributed by atoms with Gasteiger partial charge >= 0.3 is 0 Å². The number of imidazole rings is 1. The van der Waals surface area contributed by atoms with Crippen LogP contribution in [-0.2, 0) is 11.3 Å². The summed E-state index contributed by atoms with van der Waals surface area (Å²) in [4.78, 5) is 17.4. The fraction of sp³-hybridized carbons (Fsp3) is 0.238. The summed E-state index contributed by atoms with van der Waals surface area (Å²) in [6.45, 7) is 2.69. The van der Waals surface area contributed by atoms with Gasteiger partial charge in [0.25, 0.3) is 5.91 Å². The third-order valence-electron chi connectivity index (χ3n) is 4.51. The maximum Gasteiger partial charge on any atom is 0.265 e. The lowest BCUT2D eigenvalue weighted by atomic mass is 10.1. The fourth-order valence-corrected chi connectivity index (χ4v) is 3.94. The Bertz CT molecular complexity index is 963. The minimum absolute atomic E-state index is 0.218. The van der Waals surface area contributed by atoms with Gasteiger partial charge in [-0.1, -0.05) is 30.0 Å². The van der Waals surface area contributed by atoms with E-state index in [1.54, 1.807) is 50.1 Å². The standard InChI is InChI=1S/C21H21N3O3S/c1-14(27-16-9-7-15(26-2)8-10-16)20(25)22-18-6-4-3-5-17(18)19-13-24-11-12-28-21(24)23-19/h3-10,13-14H,11-12H2,1-2H3,(H,22,25). The van der Waals surface area contributed by atoms with Crippen molar-refractivity contribution in [3.8, 4) is 22.8 Å². The second-order valence-corrected chi connectivity index (χ2v) is 7.48. The minimum Gasteiger partial charge on any atom is -0.497 e. The molecule has 1 aliphatic rings. The third-order valence-corrected chi connectivity index (χ3v) is 5.48. The summed E-state index contributed by atoms with van der Waals surface area (Å²) in [5, 5.41) is 3.99. The number of methoxy groups -OCH3 is 1. The number of benzene rings is 2. The molecule has 0 spiro atoms. The first-order valence-electron chi connectivity index (χ1n) is 9.05. The molecule has 0 aliphatic carbocycles. The van der Waals surface area contributed by atoms with Gasteiger partial charge in [-0.25, -0.2) is 4.98 Å². The van der Waals surface area contributed by atoms with Crippen molar-refractivity contribution in [2.75, 3.05) is 18.2 Å². The van der Waals surface area contributed by atoms with Crippen LogP contribution in [0.1, 0.15) is 6.92 Å². The zero-order valence-corrected chi connectivity index (χ0v) is 16.5. The highest BCUT2D eigenvalue weighted by atomic mass is 32.2. The molecule has 3 aromatic rings. The molecule has 2 aromatic carbocycles. The number of rotatable bonds is 6. The van der Waals surface area contributed by atoms with Crippen LogP contribution >= 0.6 is 11.8 Å². The van der Waals surface area contributed by atoms with E-state index >= 15 is 0 Å². The number of nitrogens with zero attached hydrogens (tertiary/aromatic N) is 2. The summed E-state index contributed by atoms with van der Waals surface area (Å²) in [5.74, 6) is 2.19. The summed E-state index contributed by atoms with van der Waals surface area (Å²) in [6.07, 6.45) is 1.39. The van der Waals surface area contributed by atoms with E-state index in [0.29, 0.717) is 5.75 Å². The van der Waals surface area contributed by atoms with Crippen molar-refractivity contribution in [1.82, 2.24) is 9.55 Å². The number of amides is 1. The molecule has 4 rings (SSSR count). The van der Waals surface area contributed by atoms with Gasteiger partial charge in [-0.3, -0.25) is 4.79 Å². The Balaban J connectivity index is 1.48. The van der Waals surface area contributed by atoms with E-state index in [2.05, 4.69) is 14.9 Å². The lowest BCUT2D eigenvalue weighted by Crippen LogP contribution is -2.30. The summed E-state index contributed by atoms with van der Waals surface area (Å²) in [5.41, 5.74) is 2.48. The maximum absolute atomic E-state index is 12.7. The van der Waals surface area contributed by atoms with Gasteiger partial charge in [0, 0.05) is 24.1 Å². The van der Waals surface area contributed by atoms with Crippen molar-refractivity contribution < 1.29 is 14.3 Å². The Morgan fingerprint density at radius 3 is 2.68 bits per heavy atom. The van der Waals surface area contributed by atoms with Crippen LogP contribution < -0.4 is 14.8 Å². The van der Waals surface area contributed by atoms with Crippen LogP contribution in [0.15, 0.2) is 59.9 Å². The highest BCUT2D eigenvalue weighted by Crippen LogP contribution is 2.32. The number of fused-ring (bicyclic) bond motifs is 1. The summed E-state index contributed by atoms with van der Waals surface area (Å²) in [6, 6.07) is 14.8. The van der Waals surface area contributed by atoms with E-state index in [1.807, 2.05) is 30.5 Å². The molecule has 144 valence electrons. The number of hydrogen-bond acceptors (Lipinski definition) is 5. The zero-order chi connectivity index (χ0) is 19.5. The van der Waals surface area contributed by atoms with Crippen molar-refractivity contribution in [2.24, 2.45) is 0 Å². The van der Waals surface area contributed by atoms with Crippen molar-refractivity contribution in [3.05, 3.63) is 54.7 Å². The van der Waals surface area contributed by atoms with Gasteiger partial charge in [0.15, 0.2) is 11.3 Å². The number of para-hydroxylation sites is 1. The van der Waals surface area contributed by atoms with Gasteiger partial charge in [-0.2, -0.15) is 0 Å². The SMILES string of the molecule is COc1ccc(OC(C)C(=O)Nc2ccccc2-c2cn3c(n2)SCC3)cc1. The molecule has 0 saturated heterocycles. The number of anilines is 1. The van der Waals surface area contributed by atoms with Crippen LogP contribution in [-0.4, -0.2) is 34.4 Å². The summed E-state index contributed by atoms with van der Waals surface area (Å²) >= 11 is 1.75.